The van der Waals surface area contributed by atoms with Crippen LogP contribution in [-0.4, -0.2) is 58.2 Å². The largest absolute Gasteiger partial charge is 0.508 e. The number of hydrogen-bond acceptors (Lipinski definition) is 9. The minimum atomic E-state index is -1.29. The van der Waals surface area contributed by atoms with E-state index in [0.29, 0.717) is 16.7 Å². The Bertz CT molecular complexity index is 1090. The van der Waals surface area contributed by atoms with E-state index in [4.69, 9.17) is 9.47 Å². The predicted molar refractivity (Wildman–Crippen MR) is 124 cm³/mol. The molecule has 1 fully saturated rings. The Morgan fingerprint density at radius 2 is 1.83 bits per heavy atom. The molecule has 0 saturated carbocycles. The monoisotopic (exact) mass is 504 g/mol. The van der Waals surface area contributed by atoms with E-state index in [1.165, 1.54) is 38.3 Å². The summed E-state index contributed by atoms with van der Waals surface area (Å²) >= 11 is 0. The van der Waals surface area contributed by atoms with Gasteiger partial charge in [0.15, 0.2) is 0 Å². The summed E-state index contributed by atoms with van der Waals surface area (Å²) < 4.78 is 15.0. The van der Waals surface area contributed by atoms with Crippen molar-refractivity contribution in [2.75, 3.05) is 7.11 Å². The zero-order valence-corrected chi connectivity index (χ0v) is 20.4. The first-order valence-electron chi connectivity index (χ1n) is 10.9. The highest BCUT2D eigenvalue weighted by Crippen LogP contribution is 2.39. The van der Waals surface area contributed by atoms with Crippen LogP contribution < -0.4 is 0 Å². The number of benzene rings is 1. The fourth-order valence-electron chi connectivity index (χ4n) is 3.89. The van der Waals surface area contributed by atoms with Gasteiger partial charge in [-0.2, -0.15) is 0 Å². The number of hydrogen-bond donors (Lipinski definition) is 1. The van der Waals surface area contributed by atoms with Crippen LogP contribution in [0.3, 0.4) is 0 Å². The Morgan fingerprint density at radius 1 is 1.22 bits per heavy atom. The van der Waals surface area contributed by atoms with Gasteiger partial charge in [0.25, 0.3) is 5.69 Å². The number of nitrogens with zero attached hydrogens (tertiary/aromatic N) is 2. The van der Waals surface area contributed by atoms with E-state index >= 15 is 0 Å². The molecule has 0 unspecified atom stereocenters. The molecule has 194 valence electrons. The topological polar surface area (TPSA) is 163 Å². The highest BCUT2D eigenvalue weighted by molar-refractivity contribution is 5.98. The zero-order chi connectivity index (χ0) is 27.2. The van der Waals surface area contributed by atoms with Gasteiger partial charge in [-0.25, -0.2) is 9.59 Å². The van der Waals surface area contributed by atoms with Crippen LogP contribution in [0.4, 0.5) is 10.5 Å². The third kappa shape index (κ3) is 6.68. The predicted octanol–water partition coefficient (Wildman–Crippen LogP) is 3.35. The number of allylic oxidation sites excluding steroid dienone is 1. The number of amides is 1. The van der Waals surface area contributed by atoms with Crippen molar-refractivity contribution >= 4 is 29.7 Å². The molecule has 1 heterocycles. The SMILES string of the molecule is C=C(CC(=O)OC)C[C@@H]1[C@@H]([C@H](C)OC(=O)OCc2ccc([N+](=O)[O-])cc2)C(=O)N1C(C(=O)O)=C(C)C. The van der Waals surface area contributed by atoms with Gasteiger partial charge in [-0.1, -0.05) is 12.2 Å². The van der Waals surface area contributed by atoms with Crippen molar-refractivity contribution in [3.8, 4) is 0 Å². The number of aliphatic carboxylic acids is 1. The fraction of sp³-hybridized carbons (Fsp3) is 0.417. The maximum Gasteiger partial charge on any atom is 0.508 e. The molecule has 36 heavy (non-hydrogen) atoms. The van der Waals surface area contributed by atoms with Crippen LogP contribution in [0.1, 0.15) is 39.2 Å². The number of methoxy groups -OCH3 is 1. The molecule has 0 aromatic heterocycles. The molecule has 0 bridgehead atoms. The van der Waals surface area contributed by atoms with Crippen LogP contribution in [-0.2, 0) is 35.2 Å². The van der Waals surface area contributed by atoms with E-state index in [-0.39, 0.29) is 30.8 Å². The van der Waals surface area contributed by atoms with Crippen molar-refractivity contribution in [2.24, 2.45) is 5.92 Å². The molecule has 0 radical (unpaired) electrons. The number of nitro benzene ring substituents is 1. The number of carbonyl (C=O) groups excluding carboxylic acids is 3. The minimum absolute atomic E-state index is 0.0844. The molecule has 1 aromatic rings. The highest BCUT2D eigenvalue weighted by Gasteiger charge is 2.54. The molecule has 0 spiro atoms. The number of non-ortho nitro benzene ring substituents is 1. The summed E-state index contributed by atoms with van der Waals surface area (Å²) in [5, 5.41) is 20.4. The molecular formula is C24H28N2O10. The van der Waals surface area contributed by atoms with Gasteiger partial charge in [-0.3, -0.25) is 19.7 Å². The first-order valence-corrected chi connectivity index (χ1v) is 10.9. The first-order chi connectivity index (χ1) is 16.9. The van der Waals surface area contributed by atoms with Gasteiger partial charge < -0.3 is 24.2 Å². The fourth-order valence-corrected chi connectivity index (χ4v) is 3.89. The van der Waals surface area contributed by atoms with E-state index in [0.717, 1.165) is 4.90 Å². The molecule has 12 heteroatoms. The van der Waals surface area contributed by atoms with Gasteiger partial charge in [0.05, 0.1) is 30.4 Å². The lowest BCUT2D eigenvalue weighted by Crippen LogP contribution is -2.65. The Balaban J connectivity index is 2.11. The smallest absolute Gasteiger partial charge is 0.477 e. The van der Waals surface area contributed by atoms with E-state index in [1.54, 1.807) is 13.8 Å². The standard InChI is InChI=1S/C24H28N2O10/c1-13(2)21(23(29)30)25-18(10-14(3)11-19(27)34-5)20(22(25)28)15(4)36-24(31)35-12-16-6-8-17(9-7-16)26(32)33/h6-9,15,18,20H,3,10-12H2,1-2,4-5H3,(H,29,30)/t15-,18+,20+/m0/s1. The number of carboxylic acids is 1. The highest BCUT2D eigenvalue weighted by atomic mass is 16.7. The summed E-state index contributed by atoms with van der Waals surface area (Å²) in [6, 6.07) is 4.66. The number of nitro groups is 1. The molecule has 0 aliphatic carbocycles. The lowest BCUT2D eigenvalue weighted by molar-refractivity contribution is -0.384. The van der Waals surface area contributed by atoms with E-state index < -0.39 is 47.0 Å². The molecule has 2 rings (SSSR count). The molecule has 1 aliphatic heterocycles. The Hall–Kier alpha value is -4.22. The van der Waals surface area contributed by atoms with Crippen LogP contribution in [0.25, 0.3) is 0 Å². The second-order valence-corrected chi connectivity index (χ2v) is 8.45. The van der Waals surface area contributed by atoms with E-state index in [2.05, 4.69) is 11.3 Å². The number of β-lactam (4-membered cyclic amide) rings is 1. The first kappa shape index (κ1) is 28.0. The van der Waals surface area contributed by atoms with Crippen LogP contribution >= 0.6 is 0 Å². The quantitative estimate of drug-likeness (QED) is 0.118. The molecule has 1 saturated heterocycles. The molecule has 1 N–H and O–H groups in total. The third-order valence-corrected chi connectivity index (χ3v) is 5.60. The number of ether oxygens (including phenoxy) is 3. The molecule has 12 nitrogen and oxygen atoms in total. The van der Waals surface area contributed by atoms with Crippen molar-refractivity contribution in [1.29, 1.82) is 0 Å². The summed E-state index contributed by atoms with van der Waals surface area (Å²) in [6.07, 6.45) is -2.09. The summed E-state index contributed by atoms with van der Waals surface area (Å²) in [5.74, 6) is -3.28. The summed E-state index contributed by atoms with van der Waals surface area (Å²) in [5.41, 5.74) is 0.998. The lowest BCUT2D eigenvalue weighted by Gasteiger charge is -2.49. The Kier molecular flexibility index (Phi) is 9.31. The number of likely N-dealkylation sites (tertiary alicyclic amines) is 1. The van der Waals surface area contributed by atoms with Gasteiger partial charge >= 0.3 is 18.1 Å². The number of carbonyl (C=O) groups is 4. The van der Waals surface area contributed by atoms with Crippen LogP contribution in [0.5, 0.6) is 0 Å². The maximum absolute atomic E-state index is 13.0. The van der Waals surface area contributed by atoms with Gasteiger partial charge in [0, 0.05) is 12.1 Å². The number of rotatable bonds is 11. The normalized spacial score (nSPS) is 17.3. The average Bonchev–Trinajstić information content (AvgIpc) is 2.80. The number of carboxylic acid groups (broad SMARTS) is 1. The van der Waals surface area contributed by atoms with Gasteiger partial charge in [-0.15, -0.1) is 0 Å². The lowest BCUT2D eigenvalue weighted by atomic mass is 9.78. The molecule has 1 aliphatic rings. The van der Waals surface area contributed by atoms with Gasteiger partial charge in [-0.05, 0) is 50.5 Å². The van der Waals surface area contributed by atoms with Gasteiger partial charge in [0.2, 0.25) is 5.91 Å². The molecular weight excluding hydrogens is 476 g/mol. The maximum atomic E-state index is 13.0. The summed E-state index contributed by atoms with van der Waals surface area (Å²) in [7, 11) is 1.22. The van der Waals surface area contributed by atoms with Crippen LogP contribution in [0.2, 0.25) is 0 Å². The number of esters is 1. The second kappa shape index (κ2) is 12.0. The third-order valence-electron chi connectivity index (χ3n) is 5.60. The van der Waals surface area contributed by atoms with Gasteiger partial charge in [0.1, 0.15) is 18.4 Å². The van der Waals surface area contributed by atoms with Crippen LogP contribution in [0, 0.1) is 16.0 Å². The zero-order valence-electron chi connectivity index (χ0n) is 20.4. The van der Waals surface area contributed by atoms with Crippen LogP contribution in [0.15, 0.2) is 47.7 Å². The van der Waals surface area contributed by atoms with Crippen molar-refractivity contribution in [1.82, 2.24) is 4.90 Å². The van der Waals surface area contributed by atoms with Crippen molar-refractivity contribution in [3.05, 3.63) is 63.4 Å². The summed E-state index contributed by atoms with van der Waals surface area (Å²) in [6.45, 7) is 8.21. The van der Waals surface area contributed by atoms with Crippen molar-refractivity contribution in [2.45, 2.75) is 52.4 Å². The van der Waals surface area contributed by atoms with E-state index in [1.807, 2.05) is 0 Å². The Labute approximate surface area is 207 Å². The minimum Gasteiger partial charge on any atom is -0.477 e. The van der Waals surface area contributed by atoms with Crippen molar-refractivity contribution in [3.63, 3.8) is 0 Å². The molecule has 3 atom stereocenters. The Morgan fingerprint density at radius 3 is 2.33 bits per heavy atom. The second-order valence-electron chi connectivity index (χ2n) is 8.45. The van der Waals surface area contributed by atoms with Crippen molar-refractivity contribution < 1.29 is 43.4 Å². The molecule has 1 aromatic carbocycles. The average molecular weight is 504 g/mol. The van der Waals surface area contributed by atoms with E-state index in [9.17, 15) is 34.4 Å². The molecule has 1 amide bonds. The summed E-state index contributed by atoms with van der Waals surface area (Å²) in [4.78, 5) is 60.0.